The maximum absolute atomic E-state index is 13.5. The van der Waals surface area contributed by atoms with Crippen molar-refractivity contribution in [1.82, 2.24) is 14.4 Å². The van der Waals surface area contributed by atoms with Gasteiger partial charge in [0.2, 0.25) is 0 Å². The highest BCUT2D eigenvalue weighted by Crippen LogP contribution is 2.38. The van der Waals surface area contributed by atoms with Gasteiger partial charge in [0.25, 0.3) is 0 Å². The van der Waals surface area contributed by atoms with Crippen molar-refractivity contribution in [1.29, 1.82) is 0 Å². The molecule has 0 aliphatic rings. The van der Waals surface area contributed by atoms with Gasteiger partial charge in [0.05, 0.1) is 33.9 Å². The van der Waals surface area contributed by atoms with Crippen molar-refractivity contribution >= 4 is 39.9 Å². The van der Waals surface area contributed by atoms with Crippen molar-refractivity contribution in [2.75, 3.05) is 7.11 Å². The van der Waals surface area contributed by atoms with Crippen molar-refractivity contribution in [3.05, 3.63) is 65.1 Å². The number of imidazole rings is 1. The molecule has 0 bridgehead atoms. The summed E-state index contributed by atoms with van der Waals surface area (Å²) in [6.45, 7) is 0. The number of hydrogen-bond acceptors (Lipinski definition) is 4. The number of hydrogen-bond donors (Lipinski definition) is 0. The molecule has 3 heterocycles. The molecular weight excluding hydrogens is 411 g/mol. The molecule has 4 nitrogen and oxygen atoms in total. The second-order valence-corrected chi connectivity index (χ2v) is 7.45. The summed E-state index contributed by atoms with van der Waals surface area (Å²) in [5, 5.41) is 0.882. The lowest BCUT2D eigenvalue weighted by atomic mass is 10.1. The molecule has 0 saturated carbocycles. The molecular formula is C19H13ClF3N3OS. The minimum Gasteiger partial charge on any atom is -0.497 e. The zero-order chi connectivity index (χ0) is 19.9. The number of halogens is 4. The third-order valence-electron chi connectivity index (χ3n) is 4.13. The molecule has 9 heteroatoms. The van der Waals surface area contributed by atoms with Crippen LogP contribution in [0, 0.1) is 0 Å². The number of ether oxygens (including phenoxy) is 1. The molecule has 4 aromatic rings. The fourth-order valence-electron chi connectivity index (χ4n) is 2.85. The molecule has 1 aromatic carbocycles. The Morgan fingerprint density at radius 2 is 1.93 bits per heavy atom. The summed E-state index contributed by atoms with van der Waals surface area (Å²) >= 11 is 7.15. The van der Waals surface area contributed by atoms with Crippen LogP contribution in [0.2, 0.25) is 5.02 Å². The lowest BCUT2D eigenvalue weighted by Gasteiger charge is -2.13. The Morgan fingerprint density at radius 3 is 2.68 bits per heavy atom. The lowest BCUT2D eigenvalue weighted by Crippen LogP contribution is -2.07. The summed E-state index contributed by atoms with van der Waals surface area (Å²) in [6.07, 6.45) is -0.964. The van der Waals surface area contributed by atoms with Gasteiger partial charge in [-0.25, -0.2) is 9.97 Å². The van der Waals surface area contributed by atoms with Gasteiger partial charge in [0, 0.05) is 29.6 Å². The molecule has 0 unspecified atom stereocenters. The Kier molecular flexibility index (Phi) is 4.84. The van der Waals surface area contributed by atoms with Crippen LogP contribution in [0.4, 0.5) is 13.2 Å². The first-order valence-electron chi connectivity index (χ1n) is 8.15. The van der Waals surface area contributed by atoms with Crippen LogP contribution in [0.15, 0.2) is 53.8 Å². The number of alkyl halides is 3. The van der Waals surface area contributed by atoms with E-state index in [1.54, 1.807) is 28.9 Å². The molecule has 0 aliphatic heterocycles. The molecule has 0 atom stereocenters. The number of methoxy groups -OCH3 is 1. The van der Waals surface area contributed by atoms with Gasteiger partial charge < -0.3 is 9.14 Å². The SMILES string of the molecule is COc1ccc2c(C(F)(F)F)cc(SCc3cn4cc(Cl)ccc4n3)nc2c1. The van der Waals surface area contributed by atoms with E-state index in [2.05, 4.69) is 9.97 Å². The van der Waals surface area contributed by atoms with Gasteiger partial charge in [0.15, 0.2) is 0 Å². The van der Waals surface area contributed by atoms with Crippen LogP contribution in [-0.4, -0.2) is 21.5 Å². The Labute approximate surface area is 167 Å². The third kappa shape index (κ3) is 3.74. The summed E-state index contributed by atoms with van der Waals surface area (Å²) in [6, 6.07) is 8.96. The molecule has 3 aromatic heterocycles. The second-order valence-electron chi connectivity index (χ2n) is 6.02. The lowest BCUT2D eigenvalue weighted by molar-refractivity contribution is -0.136. The summed E-state index contributed by atoms with van der Waals surface area (Å²) in [5.74, 6) is 0.825. The van der Waals surface area contributed by atoms with Crippen LogP contribution >= 0.6 is 23.4 Å². The Morgan fingerprint density at radius 1 is 1.11 bits per heavy atom. The van der Waals surface area contributed by atoms with Crippen LogP contribution in [-0.2, 0) is 11.9 Å². The van der Waals surface area contributed by atoms with Gasteiger partial charge in [0.1, 0.15) is 11.4 Å². The predicted octanol–water partition coefficient (Wildman–Crippen LogP) is 5.86. The molecule has 144 valence electrons. The van der Waals surface area contributed by atoms with Gasteiger partial charge in [-0.1, -0.05) is 23.4 Å². The van der Waals surface area contributed by atoms with Crippen molar-refractivity contribution in [3.63, 3.8) is 0 Å². The van der Waals surface area contributed by atoms with Gasteiger partial charge in [-0.15, -0.1) is 0 Å². The molecule has 0 spiro atoms. The topological polar surface area (TPSA) is 39.4 Å². The quantitative estimate of drug-likeness (QED) is 0.386. The van der Waals surface area contributed by atoms with E-state index < -0.39 is 11.7 Å². The fourth-order valence-corrected chi connectivity index (χ4v) is 3.82. The molecule has 0 aliphatic carbocycles. The van der Waals surface area contributed by atoms with Gasteiger partial charge in [-0.05, 0) is 30.3 Å². The predicted molar refractivity (Wildman–Crippen MR) is 103 cm³/mol. The smallest absolute Gasteiger partial charge is 0.417 e. The van der Waals surface area contributed by atoms with E-state index in [9.17, 15) is 13.2 Å². The highest BCUT2D eigenvalue weighted by molar-refractivity contribution is 7.98. The fraction of sp³-hybridized carbons (Fsp3) is 0.158. The van der Waals surface area contributed by atoms with E-state index in [0.717, 1.165) is 6.07 Å². The number of pyridine rings is 2. The van der Waals surface area contributed by atoms with E-state index in [4.69, 9.17) is 16.3 Å². The largest absolute Gasteiger partial charge is 0.497 e. The van der Waals surface area contributed by atoms with E-state index >= 15 is 0 Å². The van der Waals surface area contributed by atoms with E-state index in [1.807, 2.05) is 0 Å². The number of rotatable bonds is 4. The van der Waals surface area contributed by atoms with Crippen LogP contribution < -0.4 is 4.74 Å². The van der Waals surface area contributed by atoms with Crippen LogP contribution in [0.5, 0.6) is 5.75 Å². The first-order valence-corrected chi connectivity index (χ1v) is 9.52. The van der Waals surface area contributed by atoms with Crippen molar-refractivity contribution in [2.24, 2.45) is 0 Å². The zero-order valence-corrected chi connectivity index (χ0v) is 16.1. The molecule has 0 saturated heterocycles. The number of thioether (sulfide) groups is 1. The number of aromatic nitrogens is 3. The van der Waals surface area contributed by atoms with Crippen LogP contribution in [0.1, 0.15) is 11.3 Å². The minimum absolute atomic E-state index is 0.0417. The summed E-state index contributed by atoms with van der Waals surface area (Å²) in [7, 11) is 1.46. The van der Waals surface area contributed by atoms with Crippen LogP contribution in [0.25, 0.3) is 16.6 Å². The van der Waals surface area contributed by atoms with Gasteiger partial charge in [-0.2, -0.15) is 13.2 Å². The van der Waals surface area contributed by atoms with Crippen molar-refractivity contribution in [2.45, 2.75) is 17.0 Å². The monoisotopic (exact) mass is 423 g/mol. The van der Waals surface area contributed by atoms with Crippen LogP contribution in [0.3, 0.4) is 0 Å². The highest BCUT2D eigenvalue weighted by Gasteiger charge is 2.33. The number of fused-ring (bicyclic) bond motifs is 2. The number of nitrogens with zero attached hydrogens (tertiary/aromatic N) is 3. The third-order valence-corrected chi connectivity index (χ3v) is 5.30. The normalized spacial score (nSPS) is 12.0. The molecule has 4 rings (SSSR count). The molecule has 0 amide bonds. The molecule has 0 radical (unpaired) electrons. The first-order chi connectivity index (χ1) is 13.3. The first kappa shape index (κ1) is 18.9. The average Bonchev–Trinajstić information content (AvgIpc) is 3.06. The Balaban J connectivity index is 1.68. The zero-order valence-electron chi connectivity index (χ0n) is 14.5. The summed E-state index contributed by atoms with van der Waals surface area (Å²) < 4.78 is 47.5. The summed E-state index contributed by atoms with van der Waals surface area (Å²) in [4.78, 5) is 8.81. The van der Waals surface area contributed by atoms with E-state index in [-0.39, 0.29) is 15.9 Å². The Hall–Kier alpha value is -2.45. The molecule has 28 heavy (non-hydrogen) atoms. The maximum atomic E-state index is 13.5. The van der Waals surface area contributed by atoms with E-state index in [0.29, 0.717) is 27.9 Å². The highest BCUT2D eigenvalue weighted by atomic mass is 35.5. The Bertz CT molecular complexity index is 1180. The second kappa shape index (κ2) is 7.18. The van der Waals surface area contributed by atoms with Gasteiger partial charge in [-0.3, -0.25) is 0 Å². The van der Waals surface area contributed by atoms with E-state index in [1.165, 1.54) is 37.1 Å². The molecule has 0 N–H and O–H groups in total. The van der Waals surface area contributed by atoms with Crippen molar-refractivity contribution < 1.29 is 17.9 Å². The minimum atomic E-state index is -4.48. The maximum Gasteiger partial charge on any atom is 0.417 e. The average molecular weight is 424 g/mol. The van der Waals surface area contributed by atoms with Crippen molar-refractivity contribution in [3.8, 4) is 5.75 Å². The number of benzene rings is 1. The molecule has 0 fully saturated rings. The van der Waals surface area contributed by atoms with Gasteiger partial charge >= 0.3 is 6.18 Å². The standard InChI is InChI=1S/C19H13ClF3N3OS/c1-27-13-3-4-14-15(19(21,22)23)7-18(25-16(14)6-13)28-10-12-9-26-8-11(20)2-5-17(26)24-12/h2-9H,10H2,1H3. The summed E-state index contributed by atoms with van der Waals surface area (Å²) in [5.41, 5.74) is 0.948.